The predicted molar refractivity (Wildman–Crippen MR) is 59.9 cm³/mol. The maximum atomic E-state index is 10.7. The highest BCUT2D eigenvalue weighted by Gasteiger charge is 2.01. The number of hydrogen-bond donors (Lipinski definition) is 2. The number of halogens is 2. The molecule has 0 aliphatic carbocycles. The summed E-state index contributed by atoms with van der Waals surface area (Å²) in [4.78, 5) is 11.9. The zero-order valence-corrected chi connectivity index (χ0v) is 9.97. The van der Waals surface area contributed by atoms with E-state index in [-0.39, 0.29) is 18.3 Å². The van der Waals surface area contributed by atoms with Crippen molar-refractivity contribution in [1.82, 2.24) is 5.43 Å². The minimum Gasteiger partial charge on any atom is -0.294 e. The van der Waals surface area contributed by atoms with E-state index in [4.69, 9.17) is 5.84 Å². The van der Waals surface area contributed by atoms with Gasteiger partial charge in [0.1, 0.15) is 0 Å². The second kappa shape index (κ2) is 6.37. The number of nitrogens with two attached hydrogens (primary N) is 1. The molecule has 3 N–H and O–H groups in total. The number of rotatable bonds is 3. The van der Waals surface area contributed by atoms with Crippen molar-refractivity contribution in [2.24, 2.45) is 5.84 Å². The SMILES string of the molecule is Cl.NNC(=O)CCc1cc(Br)cs1. The molecule has 0 aliphatic rings. The number of nitrogens with one attached hydrogen (secondary N) is 1. The fourth-order valence-electron chi connectivity index (χ4n) is 0.794. The van der Waals surface area contributed by atoms with Gasteiger partial charge in [0, 0.05) is 21.2 Å². The smallest absolute Gasteiger partial charge is 0.234 e. The minimum atomic E-state index is -0.125. The van der Waals surface area contributed by atoms with Gasteiger partial charge in [0.2, 0.25) is 5.91 Å². The summed E-state index contributed by atoms with van der Waals surface area (Å²) in [6.07, 6.45) is 1.20. The van der Waals surface area contributed by atoms with Crippen LogP contribution in [-0.4, -0.2) is 5.91 Å². The van der Waals surface area contributed by atoms with Gasteiger partial charge in [-0.25, -0.2) is 5.84 Å². The number of amides is 1. The Morgan fingerprint density at radius 2 is 2.38 bits per heavy atom. The Balaban J connectivity index is 0.00000144. The zero-order chi connectivity index (χ0) is 8.97. The van der Waals surface area contributed by atoms with Crippen LogP contribution in [0, 0.1) is 0 Å². The number of hydrogen-bond acceptors (Lipinski definition) is 3. The lowest BCUT2D eigenvalue weighted by Crippen LogP contribution is -2.29. The summed E-state index contributed by atoms with van der Waals surface area (Å²) in [6, 6.07) is 2.01. The quantitative estimate of drug-likeness (QED) is 0.506. The van der Waals surface area contributed by atoms with Gasteiger partial charge in [0.05, 0.1) is 0 Å². The molecule has 74 valence electrons. The normalized spacial score (nSPS) is 9.08. The number of hydrazine groups is 1. The lowest BCUT2D eigenvalue weighted by molar-refractivity contribution is -0.121. The van der Waals surface area contributed by atoms with E-state index in [0.717, 1.165) is 10.9 Å². The second-order valence-corrected chi connectivity index (χ2v) is 4.21. The molecule has 0 bridgehead atoms. The molecule has 1 aromatic rings. The highest BCUT2D eigenvalue weighted by Crippen LogP contribution is 2.20. The Kier molecular flexibility index (Phi) is 6.32. The maximum Gasteiger partial charge on any atom is 0.234 e. The summed E-state index contributed by atoms with van der Waals surface area (Å²) >= 11 is 4.98. The van der Waals surface area contributed by atoms with Crippen molar-refractivity contribution >= 4 is 45.6 Å². The molecule has 0 spiro atoms. The molecule has 0 unspecified atom stereocenters. The van der Waals surface area contributed by atoms with Gasteiger partial charge in [-0.1, -0.05) is 0 Å². The van der Waals surface area contributed by atoms with Gasteiger partial charge in [-0.05, 0) is 28.4 Å². The Bertz CT molecular complexity index is 279. The van der Waals surface area contributed by atoms with Crippen LogP contribution in [0.1, 0.15) is 11.3 Å². The van der Waals surface area contributed by atoms with Gasteiger partial charge in [0.15, 0.2) is 0 Å². The highest BCUT2D eigenvalue weighted by atomic mass is 79.9. The van der Waals surface area contributed by atoms with E-state index in [2.05, 4.69) is 21.4 Å². The summed E-state index contributed by atoms with van der Waals surface area (Å²) in [5, 5.41) is 2.00. The molecule has 0 aromatic carbocycles. The van der Waals surface area contributed by atoms with Crippen molar-refractivity contribution in [2.75, 3.05) is 0 Å². The summed E-state index contributed by atoms with van der Waals surface area (Å²) in [5.74, 6) is 4.81. The zero-order valence-electron chi connectivity index (χ0n) is 6.75. The fourth-order valence-corrected chi connectivity index (χ4v) is 2.25. The van der Waals surface area contributed by atoms with E-state index < -0.39 is 0 Å². The van der Waals surface area contributed by atoms with Crippen LogP contribution in [0.15, 0.2) is 15.9 Å². The summed E-state index contributed by atoms with van der Waals surface area (Å²) in [7, 11) is 0. The van der Waals surface area contributed by atoms with Crippen molar-refractivity contribution in [3.63, 3.8) is 0 Å². The first kappa shape index (κ1) is 12.9. The first-order valence-corrected chi connectivity index (χ1v) is 5.12. The second-order valence-electron chi connectivity index (χ2n) is 2.30. The Hall–Kier alpha value is -0.100. The van der Waals surface area contributed by atoms with Gasteiger partial charge in [0.25, 0.3) is 0 Å². The van der Waals surface area contributed by atoms with E-state index in [1.165, 1.54) is 4.88 Å². The van der Waals surface area contributed by atoms with E-state index in [9.17, 15) is 4.79 Å². The maximum absolute atomic E-state index is 10.7. The molecule has 1 heterocycles. The minimum absolute atomic E-state index is 0. The Morgan fingerprint density at radius 3 is 2.85 bits per heavy atom. The van der Waals surface area contributed by atoms with Gasteiger partial charge in [-0.2, -0.15) is 0 Å². The van der Waals surface area contributed by atoms with Gasteiger partial charge < -0.3 is 0 Å². The van der Waals surface area contributed by atoms with Gasteiger partial charge in [-0.15, -0.1) is 23.7 Å². The van der Waals surface area contributed by atoms with Gasteiger partial charge in [-0.3, -0.25) is 10.2 Å². The summed E-state index contributed by atoms with van der Waals surface area (Å²) in [6.45, 7) is 0. The lowest BCUT2D eigenvalue weighted by Gasteiger charge is -1.95. The van der Waals surface area contributed by atoms with Crippen LogP contribution in [0.25, 0.3) is 0 Å². The molecule has 0 radical (unpaired) electrons. The average Bonchev–Trinajstić information content (AvgIpc) is 2.47. The molecular weight excluding hydrogens is 276 g/mol. The molecular formula is C7H10BrClN2OS. The summed E-state index contributed by atoms with van der Waals surface area (Å²) < 4.78 is 1.07. The van der Waals surface area contributed by atoms with Crippen molar-refractivity contribution in [3.8, 4) is 0 Å². The topological polar surface area (TPSA) is 55.1 Å². The molecule has 1 rings (SSSR count). The van der Waals surface area contributed by atoms with Crippen LogP contribution in [0.4, 0.5) is 0 Å². The third-order valence-corrected chi connectivity index (χ3v) is 3.14. The molecule has 0 fully saturated rings. The number of thiophene rings is 1. The molecule has 1 amide bonds. The number of carbonyl (C=O) groups is 1. The van der Waals surface area contributed by atoms with Crippen LogP contribution >= 0.6 is 39.7 Å². The predicted octanol–water partition coefficient (Wildman–Crippen LogP) is 1.85. The molecule has 13 heavy (non-hydrogen) atoms. The average molecular weight is 286 g/mol. The first-order chi connectivity index (χ1) is 5.72. The standard InChI is InChI=1S/C7H9BrN2OS.ClH/c8-5-3-6(12-4-5)1-2-7(11)10-9;/h3-4H,1-2,9H2,(H,10,11);1H. The Labute approximate surface area is 95.2 Å². The molecule has 0 saturated carbocycles. The number of carbonyl (C=O) groups excluding carboxylic acids is 1. The van der Waals surface area contributed by atoms with Crippen molar-refractivity contribution in [3.05, 3.63) is 20.8 Å². The molecule has 0 saturated heterocycles. The van der Waals surface area contributed by atoms with E-state index in [1.807, 2.05) is 11.4 Å². The summed E-state index contributed by atoms with van der Waals surface area (Å²) in [5.41, 5.74) is 2.10. The highest BCUT2D eigenvalue weighted by molar-refractivity contribution is 9.10. The fraction of sp³-hybridized carbons (Fsp3) is 0.286. The van der Waals surface area contributed by atoms with E-state index in [0.29, 0.717) is 6.42 Å². The van der Waals surface area contributed by atoms with Crippen LogP contribution in [-0.2, 0) is 11.2 Å². The number of aryl methyl sites for hydroxylation is 1. The van der Waals surface area contributed by atoms with Crippen molar-refractivity contribution < 1.29 is 4.79 Å². The lowest BCUT2D eigenvalue weighted by atomic mass is 10.2. The van der Waals surface area contributed by atoms with Crippen LogP contribution in [0.5, 0.6) is 0 Å². The molecule has 0 aliphatic heterocycles. The largest absolute Gasteiger partial charge is 0.294 e. The van der Waals surface area contributed by atoms with Crippen LogP contribution in [0.2, 0.25) is 0 Å². The molecule has 0 atom stereocenters. The monoisotopic (exact) mass is 284 g/mol. The van der Waals surface area contributed by atoms with Crippen LogP contribution < -0.4 is 11.3 Å². The van der Waals surface area contributed by atoms with Crippen LogP contribution in [0.3, 0.4) is 0 Å². The third-order valence-electron chi connectivity index (χ3n) is 1.38. The van der Waals surface area contributed by atoms with Crippen molar-refractivity contribution in [1.29, 1.82) is 0 Å². The Morgan fingerprint density at radius 1 is 1.69 bits per heavy atom. The van der Waals surface area contributed by atoms with Crippen molar-refractivity contribution in [2.45, 2.75) is 12.8 Å². The van der Waals surface area contributed by atoms with E-state index in [1.54, 1.807) is 11.3 Å². The molecule has 1 aromatic heterocycles. The third kappa shape index (κ3) is 4.61. The molecule has 6 heteroatoms. The van der Waals surface area contributed by atoms with Gasteiger partial charge >= 0.3 is 0 Å². The van der Waals surface area contributed by atoms with E-state index >= 15 is 0 Å². The molecule has 3 nitrogen and oxygen atoms in total. The first-order valence-electron chi connectivity index (χ1n) is 3.44.